The van der Waals surface area contributed by atoms with Crippen molar-refractivity contribution in [3.8, 4) is 6.07 Å². The number of aryl methyl sites for hydroxylation is 1. The van der Waals surface area contributed by atoms with E-state index in [0.717, 1.165) is 49.2 Å². The van der Waals surface area contributed by atoms with Crippen LogP contribution in [0.25, 0.3) is 5.70 Å². The number of hydrogen-bond donors (Lipinski definition) is 1. The first-order valence-corrected chi connectivity index (χ1v) is 14.0. The monoisotopic (exact) mass is 529 g/mol. The number of nitrogens with one attached hydrogen (secondary N) is 1. The quantitative estimate of drug-likeness (QED) is 0.511. The van der Waals surface area contributed by atoms with E-state index in [4.69, 9.17) is 10.00 Å². The molecule has 2 aliphatic heterocycles. The topological polar surface area (TPSA) is 88.9 Å². The second kappa shape index (κ2) is 13.2. The Morgan fingerprint density at radius 2 is 1.64 bits per heavy atom. The van der Waals surface area contributed by atoms with Crippen LogP contribution in [0.4, 0.5) is 15.3 Å². The lowest BCUT2D eigenvalue weighted by molar-refractivity contribution is 0.0868. The zero-order valence-corrected chi connectivity index (χ0v) is 23.3. The Morgan fingerprint density at radius 1 is 0.974 bits per heavy atom. The summed E-state index contributed by atoms with van der Waals surface area (Å²) in [6, 6.07) is 16.3. The first kappa shape index (κ1) is 28.0. The number of carbonyl (C=O) groups is 2. The number of urea groups is 1. The summed E-state index contributed by atoms with van der Waals surface area (Å²) in [5.74, 6) is 0.494. The van der Waals surface area contributed by atoms with Gasteiger partial charge in [-0.3, -0.25) is 0 Å². The predicted molar refractivity (Wildman–Crippen MR) is 153 cm³/mol. The Bertz CT molecular complexity index is 1220. The fraction of sp³-hybridized carbons (Fsp3) is 0.452. The van der Waals surface area contributed by atoms with Gasteiger partial charge in [0.25, 0.3) is 0 Å². The molecule has 2 aromatic carbocycles. The number of benzene rings is 2. The highest BCUT2D eigenvalue weighted by molar-refractivity contribution is 5.91. The van der Waals surface area contributed by atoms with Gasteiger partial charge in [-0.25, -0.2) is 9.59 Å². The van der Waals surface area contributed by atoms with Crippen molar-refractivity contribution in [1.29, 1.82) is 5.26 Å². The van der Waals surface area contributed by atoms with Crippen molar-refractivity contribution in [3.05, 3.63) is 70.8 Å². The third-order valence-corrected chi connectivity index (χ3v) is 7.61. The van der Waals surface area contributed by atoms with Crippen LogP contribution in [0.2, 0.25) is 0 Å². The normalized spacial score (nSPS) is 16.6. The highest BCUT2D eigenvalue weighted by Crippen LogP contribution is 2.33. The molecule has 3 amide bonds. The summed E-state index contributed by atoms with van der Waals surface area (Å²) in [6.45, 7) is 10.1. The number of anilines is 1. The van der Waals surface area contributed by atoms with Crippen LogP contribution in [0.3, 0.4) is 0 Å². The number of allylic oxidation sites excluding steroid dienone is 1. The smallest absolute Gasteiger partial charge is 0.409 e. The Hall–Kier alpha value is -3.99. The molecule has 0 aromatic heterocycles. The number of nitrogens with zero attached hydrogens (tertiary/aromatic N) is 4. The molecule has 206 valence electrons. The molecule has 8 nitrogen and oxygen atoms in total. The highest BCUT2D eigenvalue weighted by Gasteiger charge is 2.26. The summed E-state index contributed by atoms with van der Waals surface area (Å²) in [5, 5.41) is 12.2. The number of likely N-dealkylation sites (tertiary alicyclic amines) is 1. The van der Waals surface area contributed by atoms with Crippen molar-refractivity contribution in [2.24, 2.45) is 0 Å². The van der Waals surface area contributed by atoms with Crippen LogP contribution in [0.1, 0.15) is 61.3 Å². The van der Waals surface area contributed by atoms with Gasteiger partial charge in [-0.2, -0.15) is 5.26 Å². The minimum Gasteiger partial charge on any atom is -0.450 e. The Kier molecular flexibility index (Phi) is 9.48. The van der Waals surface area contributed by atoms with Gasteiger partial charge in [0, 0.05) is 50.7 Å². The molecule has 1 N–H and O–H groups in total. The summed E-state index contributed by atoms with van der Waals surface area (Å²) in [6.07, 6.45) is 4.98. The molecule has 0 atom stereocenters. The molecule has 8 heteroatoms. The zero-order valence-electron chi connectivity index (χ0n) is 23.3. The summed E-state index contributed by atoms with van der Waals surface area (Å²) < 4.78 is 5.08. The summed E-state index contributed by atoms with van der Waals surface area (Å²) in [5.41, 5.74) is 6.12. The molecule has 0 unspecified atom stereocenters. The van der Waals surface area contributed by atoms with E-state index in [2.05, 4.69) is 59.6 Å². The van der Waals surface area contributed by atoms with E-state index in [9.17, 15) is 9.59 Å². The Labute approximate surface area is 231 Å². The van der Waals surface area contributed by atoms with E-state index in [-0.39, 0.29) is 12.1 Å². The number of rotatable bonds is 6. The number of nitriles is 1. The summed E-state index contributed by atoms with van der Waals surface area (Å²) >= 11 is 0. The van der Waals surface area contributed by atoms with Crippen molar-refractivity contribution in [3.63, 3.8) is 0 Å². The van der Waals surface area contributed by atoms with Crippen LogP contribution in [0.15, 0.2) is 48.5 Å². The average Bonchev–Trinajstić information content (AvgIpc) is 2.97. The molecule has 2 heterocycles. The Balaban J connectivity index is 1.40. The van der Waals surface area contributed by atoms with Gasteiger partial charge in [-0.05, 0) is 73.9 Å². The van der Waals surface area contributed by atoms with E-state index in [1.165, 1.54) is 11.3 Å². The van der Waals surface area contributed by atoms with E-state index >= 15 is 0 Å². The molecule has 2 aliphatic rings. The lowest BCUT2D eigenvalue weighted by atomic mass is 9.88. The fourth-order valence-electron chi connectivity index (χ4n) is 5.32. The van der Waals surface area contributed by atoms with E-state index in [1.807, 2.05) is 19.1 Å². The maximum absolute atomic E-state index is 13.1. The minimum absolute atomic E-state index is 0.150. The summed E-state index contributed by atoms with van der Waals surface area (Å²) in [4.78, 5) is 30.9. The van der Waals surface area contributed by atoms with Gasteiger partial charge >= 0.3 is 12.1 Å². The van der Waals surface area contributed by atoms with Crippen LogP contribution < -0.4 is 5.32 Å². The van der Waals surface area contributed by atoms with Gasteiger partial charge in [0.05, 0.1) is 18.2 Å². The molecule has 39 heavy (non-hydrogen) atoms. The molecule has 0 saturated carbocycles. The second-order valence-electron chi connectivity index (χ2n) is 10.1. The SMILES string of the molecule is CC/C=C(\c1ccc(C)c(NC(=O)N2CCN(C(=O)OCC)CC2)c1)N1CCC(c2ccc(C#N)cc2)CC1. The van der Waals surface area contributed by atoms with Gasteiger partial charge in [0.15, 0.2) is 0 Å². The minimum atomic E-state index is -0.322. The predicted octanol–water partition coefficient (Wildman–Crippen LogP) is 5.80. The first-order chi connectivity index (χ1) is 18.9. The lowest BCUT2D eigenvalue weighted by Crippen LogP contribution is -2.51. The molecule has 4 rings (SSSR count). The molecule has 0 aliphatic carbocycles. The largest absolute Gasteiger partial charge is 0.450 e. The molecule has 2 aromatic rings. The first-order valence-electron chi connectivity index (χ1n) is 14.0. The van der Waals surface area contributed by atoms with Crippen LogP contribution in [-0.4, -0.2) is 72.7 Å². The second-order valence-corrected chi connectivity index (χ2v) is 10.1. The third kappa shape index (κ3) is 6.91. The van der Waals surface area contributed by atoms with Gasteiger partial charge in [-0.1, -0.05) is 37.3 Å². The third-order valence-electron chi connectivity index (χ3n) is 7.61. The summed E-state index contributed by atoms with van der Waals surface area (Å²) in [7, 11) is 0. The van der Waals surface area contributed by atoms with Crippen LogP contribution in [0, 0.1) is 18.3 Å². The highest BCUT2D eigenvalue weighted by atomic mass is 16.6. The van der Waals surface area contributed by atoms with Crippen molar-refractivity contribution >= 4 is 23.5 Å². The average molecular weight is 530 g/mol. The molecular formula is C31H39N5O3. The molecule has 2 saturated heterocycles. The number of piperidine rings is 1. The molecule has 0 spiro atoms. The molecule has 0 bridgehead atoms. The van der Waals surface area contributed by atoms with Crippen LogP contribution in [-0.2, 0) is 4.74 Å². The van der Waals surface area contributed by atoms with Gasteiger partial charge in [-0.15, -0.1) is 0 Å². The fourth-order valence-corrected chi connectivity index (χ4v) is 5.32. The Morgan fingerprint density at radius 3 is 2.26 bits per heavy atom. The maximum Gasteiger partial charge on any atom is 0.409 e. The van der Waals surface area contributed by atoms with E-state index < -0.39 is 0 Å². The molecule has 0 radical (unpaired) electrons. The van der Waals surface area contributed by atoms with Gasteiger partial charge < -0.3 is 24.8 Å². The van der Waals surface area contributed by atoms with Crippen LogP contribution in [0.5, 0.6) is 0 Å². The van der Waals surface area contributed by atoms with Crippen LogP contribution >= 0.6 is 0 Å². The van der Waals surface area contributed by atoms with Crippen molar-refractivity contribution < 1.29 is 14.3 Å². The molecule has 2 fully saturated rings. The number of ether oxygens (including phenoxy) is 1. The zero-order chi connectivity index (χ0) is 27.8. The van der Waals surface area contributed by atoms with Crippen molar-refractivity contribution in [1.82, 2.24) is 14.7 Å². The number of amides is 3. The van der Waals surface area contributed by atoms with E-state index in [0.29, 0.717) is 44.3 Å². The van der Waals surface area contributed by atoms with Crippen molar-refractivity contribution in [2.45, 2.75) is 46.0 Å². The lowest BCUT2D eigenvalue weighted by Gasteiger charge is -2.36. The number of hydrogen-bond acceptors (Lipinski definition) is 5. The van der Waals surface area contributed by atoms with Gasteiger partial charge in [0.2, 0.25) is 0 Å². The number of carbonyl (C=O) groups excluding carboxylic acids is 2. The molecular weight excluding hydrogens is 490 g/mol. The van der Waals surface area contributed by atoms with E-state index in [1.54, 1.807) is 16.7 Å². The standard InChI is InChI=1S/C31H39N5O3/c1-4-6-29(34-15-13-26(14-16-34)25-11-8-24(22-32)9-12-25)27-10-7-23(3)28(21-27)33-30(37)35-17-19-36(20-18-35)31(38)39-5-2/h6-12,21,26H,4-5,13-20H2,1-3H3,(H,33,37)/b29-6+. The maximum atomic E-state index is 13.1. The number of piperazine rings is 1. The van der Waals surface area contributed by atoms with Crippen molar-refractivity contribution in [2.75, 3.05) is 51.2 Å². The van der Waals surface area contributed by atoms with Gasteiger partial charge in [0.1, 0.15) is 0 Å².